The van der Waals surface area contributed by atoms with Crippen molar-refractivity contribution in [2.75, 3.05) is 7.05 Å². The molecular formula is C21H23N5OS. The highest BCUT2D eigenvalue weighted by molar-refractivity contribution is 7.18. The second-order valence-corrected chi connectivity index (χ2v) is 8.26. The van der Waals surface area contributed by atoms with E-state index in [0.29, 0.717) is 19.4 Å². The molecular weight excluding hydrogens is 370 g/mol. The van der Waals surface area contributed by atoms with Gasteiger partial charge in [-0.05, 0) is 44.9 Å². The van der Waals surface area contributed by atoms with Crippen LogP contribution in [0.25, 0.3) is 15.9 Å². The zero-order valence-electron chi connectivity index (χ0n) is 16.6. The predicted molar refractivity (Wildman–Crippen MR) is 112 cm³/mol. The predicted octanol–water partition coefficient (Wildman–Crippen LogP) is 3.86. The maximum absolute atomic E-state index is 12.7. The van der Waals surface area contributed by atoms with Gasteiger partial charge in [-0.15, -0.1) is 11.3 Å². The number of aromatic nitrogens is 4. The van der Waals surface area contributed by atoms with E-state index in [1.165, 1.54) is 0 Å². The van der Waals surface area contributed by atoms with Crippen LogP contribution in [0.5, 0.6) is 0 Å². The SMILES string of the molecule is Cc1cc2nc(C)c(CCC(=O)N(C)Cc3nc4ccccc4s3)c(C)n2n1. The Kier molecular flexibility index (Phi) is 4.85. The fraction of sp³-hybridized carbons (Fsp3) is 0.333. The number of rotatable bonds is 5. The van der Waals surface area contributed by atoms with E-state index in [1.807, 2.05) is 56.6 Å². The lowest BCUT2D eigenvalue weighted by Gasteiger charge is -2.16. The molecule has 4 aromatic rings. The number of para-hydroxylation sites is 1. The second-order valence-electron chi connectivity index (χ2n) is 7.14. The lowest BCUT2D eigenvalue weighted by molar-refractivity contribution is -0.130. The fourth-order valence-electron chi connectivity index (χ4n) is 3.50. The number of fused-ring (bicyclic) bond motifs is 2. The van der Waals surface area contributed by atoms with Crippen molar-refractivity contribution in [3.8, 4) is 0 Å². The molecule has 6 nitrogen and oxygen atoms in total. The first kappa shape index (κ1) is 18.6. The molecule has 0 aliphatic rings. The minimum absolute atomic E-state index is 0.106. The van der Waals surface area contributed by atoms with Gasteiger partial charge in [-0.2, -0.15) is 5.10 Å². The van der Waals surface area contributed by atoms with Gasteiger partial charge in [0, 0.05) is 30.9 Å². The summed E-state index contributed by atoms with van der Waals surface area (Å²) in [5.74, 6) is 0.106. The van der Waals surface area contributed by atoms with Crippen molar-refractivity contribution < 1.29 is 4.79 Å². The van der Waals surface area contributed by atoms with Crippen LogP contribution in [-0.2, 0) is 17.8 Å². The lowest BCUT2D eigenvalue weighted by atomic mass is 10.1. The average Bonchev–Trinajstić information content (AvgIpc) is 3.23. The zero-order chi connectivity index (χ0) is 19.8. The van der Waals surface area contributed by atoms with E-state index in [4.69, 9.17) is 0 Å². The molecule has 0 fully saturated rings. The first-order valence-electron chi connectivity index (χ1n) is 9.33. The quantitative estimate of drug-likeness (QED) is 0.517. The van der Waals surface area contributed by atoms with Crippen LogP contribution in [0.4, 0.5) is 0 Å². The van der Waals surface area contributed by atoms with Gasteiger partial charge in [-0.1, -0.05) is 12.1 Å². The first-order valence-corrected chi connectivity index (χ1v) is 10.1. The summed E-state index contributed by atoms with van der Waals surface area (Å²) in [7, 11) is 1.84. The zero-order valence-corrected chi connectivity index (χ0v) is 17.4. The van der Waals surface area contributed by atoms with Gasteiger partial charge in [-0.3, -0.25) is 4.79 Å². The van der Waals surface area contributed by atoms with Crippen molar-refractivity contribution in [1.82, 2.24) is 24.5 Å². The first-order chi connectivity index (χ1) is 13.4. The van der Waals surface area contributed by atoms with E-state index in [0.717, 1.165) is 43.5 Å². The summed E-state index contributed by atoms with van der Waals surface area (Å²) >= 11 is 1.64. The van der Waals surface area contributed by atoms with Gasteiger partial charge in [0.15, 0.2) is 5.65 Å². The third kappa shape index (κ3) is 3.49. The number of nitrogens with zero attached hydrogens (tertiary/aromatic N) is 5. The van der Waals surface area contributed by atoms with Crippen molar-refractivity contribution in [1.29, 1.82) is 0 Å². The van der Waals surface area contributed by atoms with Crippen LogP contribution in [0, 0.1) is 20.8 Å². The Morgan fingerprint density at radius 2 is 1.96 bits per heavy atom. The molecule has 144 valence electrons. The van der Waals surface area contributed by atoms with Crippen molar-refractivity contribution >= 4 is 33.1 Å². The summed E-state index contributed by atoms with van der Waals surface area (Å²) in [6.45, 7) is 6.54. The van der Waals surface area contributed by atoms with Crippen molar-refractivity contribution in [2.45, 2.75) is 40.2 Å². The molecule has 1 amide bonds. The maximum Gasteiger partial charge on any atom is 0.223 e. The number of amides is 1. The summed E-state index contributed by atoms with van der Waals surface area (Å²) < 4.78 is 3.02. The minimum Gasteiger partial charge on any atom is -0.339 e. The van der Waals surface area contributed by atoms with Crippen LogP contribution in [0.3, 0.4) is 0 Å². The molecule has 4 rings (SSSR count). The standard InChI is InChI=1S/C21H23N5OS/c1-13-11-19-22-14(2)16(15(3)26(19)24-13)9-10-21(27)25(4)12-20-23-17-7-5-6-8-18(17)28-20/h5-8,11H,9-10,12H2,1-4H3. The summed E-state index contributed by atoms with van der Waals surface area (Å²) in [6.07, 6.45) is 1.10. The van der Waals surface area contributed by atoms with E-state index < -0.39 is 0 Å². The Labute approximate surface area is 167 Å². The van der Waals surface area contributed by atoms with Crippen LogP contribution in [-0.4, -0.2) is 37.4 Å². The number of hydrogen-bond acceptors (Lipinski definition) is 5. The Hall–Kier alpha value is -2.80. The highest BCUT2D eigenvalue weighted by Gasteiger charge is 2.16. The molecule has 0 atom stereocenters. The maximum atomic E-state index is 12.7. The smallest absolute Gasteiger partial charge is 0.223 e. The fourth-order valence-corrected chi connectivity index (χ4v) is 4.53. The van der Waals surface area contributed by atoms with Crippen LogP contribution < -0.4 is 0 Å². The number of hydrogen-bond donors (Lipinski definition) is 0. The number of aryl methyl sites for hydroxylation is 3. The minimum atomic E-state index is 0.106. The molecule has 3 aromatic heterocycles. The molecule has 1 aromatic carbocycles. The van der Waals surface area contributed by atoms with Crippen LogP contribution in [0.2, 0.25) is 0 Å². The monoisotopic (exact) mass is 393 g/mol. The lowest BCUT2D eigenvalue weighted by Crippen LogP contribution is -2.26. The van der Waals surface area contributed by atoms with E-state index >= 15 is 0 Å². The Morgan fingerprint density at radius 3 is 2.75 bits per heavy atom. The molecule has 0 spiro atoms. The largest absolute Gasteiger partial charge is 0.339 e. The highest BCUT2D eigenvalue weighted by Crippen LogP contribution is 2.23. The molecule has 0 radical (unpaired) electrons. The van der Waals surface area contributed by atoms with Crippen molar-refractivity contribution in [3.63, 3.8) is 0 Å². The molecule has 28 heavy (non-hydrogen) atoms. The van der Waals surface area contributed by atoms with Crippen LogP contribution in [0.15, 0.2) is 30.3 Å². The number of benzene rings is 1. The molecule has 0 unspecified atom stereocenters. The third-order valence-corrected chi connectivity index (χ3v) is 6.03. The van der Waals surface area contributed by atoms with Crippen molar-refractivity contribution in [2.24, 2.45) is 0 Å². The van der Waals surface area contributed by atoms with Gasteiger partial charge in [0.2, 0.25) is 5.91 Å². The molecule has 0 bridgehead atoms. The van der Waals surface area contributed by atoms with E-state index in [-0.39, 0.29) is 5.91 Å². The van der Waals surface area contributed by atoms with Crippen LogP contribution >= 0.6 is 11.3 Å². The van der Waals surface area contributed by atoms with E-state index in [2.05, 4.69) is 21.1 Å². The second kappa shape index (κ2) is 7.31. The van der Waals surface area contributed by atoms with Gasteiger partial charge >= 0.3 is 0 Å². The summed E-state index contributed by atoms with van der Waals surface area (Å²) in [5.41, 5.74) is 5.90. The summed E-state index contributed by atoms with van der Waals surface area (Å²) in [4.78, 5) is 23.7. The van der Waals surface area contributed by atoms with E-state index in [1.54, 1.807) is 16.2 Å². The van der Waals surface area contributed by atoms with Crippen LogP contribution in [0.1, 0.15) is 34.1 Å². The highest BCUT2D eigenvalue weighted by atomic mass is 32.1. The molecule has 7 heteroatoms. The molecule has 3 heterocycles. The number of carbonyl (C=O) groups excluding carboxylic acids is 1. The van der Waals surface area contributed by atoms with Gasteiger partial charge in [-0.25, -0.2) is 14.5 Å². The Morgan fingerprint density at radius 1 is 1.18 bits per heavy atom. The summed E-state index contributed by atoms with van der Waals surface area (Å²) in [6, 6.07) is 10.0. The van der Waals surface area contributed by atoms with Crippen molar-refractivity contribution in [3.05, 3.63) is 58.0 Å². The Bertz CT molecular complexity index is 1140. The van der Waals surface area contributed by atoms with Gasteiger partial charge in [0.05, 0.1) is 22.5 Å². The average molecular weight is 394 g/mol. The topological polar surface area (TPSA) is 63.4 Å². The molecule has 0 aliphatic heterocycles. The normalized spacial score (nSPS) is 11.4. The molecule has 0 saturated heterocycles. The Balaban J connectivity index is 1.45. The van der Waals surface area contributed by atoms with Gasteiger partial charge < -0.3 is 4.90 Å². The molecule has 0 saturated carbocycles. The number of carbonyl (C=O) groups is 1. The number of thiazole rings is 1. The van der Waals surface area contributed by atoms with Gasteiger partial charge in [0.1, 0.15) is 5.01 Å². The molecule has 0 aliphatic carbocycles. The summed E-state index contributed by atoms with van der Waals surface area (Å²) in [5, 5.41) is 5.46. The van der Waals surface area contributed by atoms with E-state index in [9.17, 15) is 4.79 Å². The molecule has 0 N–H and O–H groups in total. The third-order valence-electron chi connectivity index (χ3n) is 5.01. The van der Waals surface area contributed by atoms with Gasteiger partial charge in [0.25, 0.3) is 0 Å².